The van der Waals surface area contributed by atoms with E-state index in [-0.39, 0.29) is 22.6 Å². The number of carbonyl (C=O) groups is 4. The molecule has 0 heterocycles. The zero-order valence-electron chi connectivity index (χ0n) is 30.9. The van der Waals surface area contributed by atoms with Crippen molar-refractivity contribution in [1.82, 2.24) is 0 Å². The van der Waals surface area contributed by atoms with Gasteiger partial charge in [-0.25, -0.2) is 19.2 Å². The summed E-state index contributed by atoms with van der Waals surface area (Å²) in [6.07, 6.45) is 8.87. The van der Waals surface area contributed by atoms with Crippen LogP contribution < -0.4 is 18.9 Å². The highest BCUT2D eigenvalue weighted by Gasteiger charge is 2.29. The standard InChI is InChI=1S/C43H48O10/c1-5-7-9-11-29-48-35-21-13-31(14-22-35)39(44)50-37-25-17-33(18-26-37)41(46)52-43(3,4)53-42(47)34-19-27-38(28-20-34)51-40(45)32-15-23-36(24-16-32)49-30-12-10-8-6-2/h13-28H,5-12,29-30H2,1-4H3. The van der Waals surface area contributed by atoms with Crippen LogP contribution in [0.25, 0.3) is 0 Å². The third-order valence-electron chi connectivity index (χ3n) is 7.99. The Morgan fingerprint density at radius 2 is 0.717 bits per heavy atom. The summed E-state index contributed by atoms with van der Waals surface area (Å²) in [6, 6.07) is 25.1. The molecule has 0 bridgehead atoms. The van der Waals surface area contributed by atoms with Gasteiger partial charge in [-0.05, 0) is 110 Å². The highest BCUT2D eigenvalue weighted by molar-refractivity contribution is 5.93. The molecular formula is C43H48O10. The smallest absolute Gasteiger partial charge is 0.343 e. The molecule has 0 unspecified atom stereocenters. The first kappa shape index (κ1) is 40.1. The Labute approximate surface area is 311 Å². The van der Waals surface area contributed by atoms with Crippen molar-refractivity contribution >= 4 is 23.9 Å². The van der Waals surface area contributed by atoms with Crippen molar-refractivity contribution < 1.29 is 47.6 Å². The second-order valence-electron chi connectivity index (χ2n) is 12.9. The second kappa shape index (κ2) is 20.4. The van der Waals surface area contributed by atoms with Gasteiger partial charge in [0.1, 0.15) is 23.0 Å². The Kier molecular flexibility index (Phi) is 15.5. The van der Waals surface area contributed by atoms with E-state index in [1.54, 1.807) is 48.5 Å². The van der Waals surface area contributed by atoms with Gasteiger partial charge in [0.25, 0.3) is 5.79 Å². The first-order valence-electron chi connectivity index (χ1n) is 18.1. The van der Waals surface area contributed by atoms with Gasteiger partial charge in [-0.2, -0.15) is 0 Å². The van der Waals surface area contributed by atoms with Crippen LogP contribution >= 0.6 is 0 Å². The molecule has 0 saturated carbocycles. The fourth-order valence-corrected chi connectivity index (χ4v) is 5.05. The third kappa shape index (κ3) is 13.4. The van der Waals surface area contributed by atoms with E-state index in [2.05, 4.69) is 13.8 Å². The molecule has 0 atom stereocenters. The van der Waals surface area contributed by atoms with Gasteiger partial charge in [-0.1, -0.05) is 52.4 Å². The minimum absolute atomic E-state index is 0.158. The molecule has 4 aromatic rings. The molecule has 0 aliphatic rings. The van der Waals surface area contributed by atoms with Crippen LogP contribution in [0, 0.1) is 0 Å². The molecule has 0 radical (unpaired) electrons. The van der Waals surface area contributed by atoms with Crippen molar-refractivity contribution in [2.24, 2.45) is 0 Å². The maximum absolute atomic E-state index is 12.9. The number of unbranched alkanes of at least 4 members (excludes halogenated alkanes) is 6. The van der Waals surface area contributed by atoms with E-state index in [1.807, 2.05) is 0 Å². The predicted octanol–water partition coefficient (Wildman–Crippen LogP) is 9.79. The van der Waals surface area contributed by atoms with Gasteiger partial charge < -0.3 is 28.4 Å². The summed E-state index contributed by atoms with van der Waals surface area (Å²) >= 11 is 0. The number of esters is 4. The van der Waals surface area contributed by atoms with Crippen LogP contribution in [0.3, 0.4) is 0 Å². The first-order valence-corrected chi connectivity index (χ1v) is 18.1. The van der Waals surface area contributed by atoms with Crippen molar-refractivity contribution in [3.05, 3.63) is 119 Å². The zero-order valence-corrected chi connectivity index (χ0v) is 30.9. The van der Waals surface area contributed by atoms with E-state index in [0.717, 1.165) is 38.5 Å². The van der Waals surface area contributed by atoms with Gasteiger partial charge in [0.2, 0.25) is 0 Å². The SMILES string of the molecule is CCCCCCOc1ccc(C(=O)Oc2ccc(C(=O)OC(C)(C)OC(=O)c3ccc(OC(=O)c4ccc(OCCCCCC)cc4)cc3)cc2)cc1. The van der Waals surface area contributed by atoms with Crippen LogP contribution in [0.2, 0.25) is 0 Å². The van der Waals surface area contributed by atoms with Crippen LogP contribution in [0.5, 0.6) is 23.0 Å². The lowest BCUT2D eigenvalue weighted by Gasteiger charge is -2.25. The highest BCUT2D eigenvalue weighted by atomic mass is 16.7. The maximum Gasteiger partial charge on any atom is 0.343 e. The predicted molar refractivity (Wildman–Crippen MR) is 200 cm³/mol. The van der Waals surface area contributed by atoms with Crippen LogP contribution in [0.1, 0.15) is 120 Å². The van der Waals surface area contributed by atoms with Gasteiger partial charge in [-0.3, -0.25) is 0 Å². The number of hydrogen-bond donors (Lipinski definition) is 0. The summed E-state index contributed by atoms with van der Waals surface area (Å²) in [5, 5.41) is 0. The fourth-order valence-electron chi connectivity index (χ4n) is 5.05. The average Bonchev–Trinajstić information content (AvgIpc) is 3.15. The van der Waals surface area contributed by atoms with Gasteiger partial charge in [0.05, 0.1) is 35.5 Å². The van der Waals surface area contributed by atoms with Crippen LogP contribution in [-0.2, 0) is 9.47 Å². The van der Waals surface area contributed by atoms with Crippen LogP contribution in [0.4, 0.5) is 0 Å². The van der Waals surface area contributed by atoms with Gasteiger partial charge in [0.15, 0.2) is 0 Å². The molecule has 4 rings (SSSR count). The Balaban J connectivity index is 1.21. The highest BCUT2D eigenvalue weighted by Crippen LogP contribution is 2.23. The Hall–Kier alpha value is -5.64. The monoisotopic (exact) mass is 724 g/mol. The molecule has 0 spiro atoms. The maximum atomic E-state index is 12.9. The average molecular weight is 725 g/mol. The molecule has 0 aliphatic carbocycles. The van der Waals surface area contributed by atoms with Gasteiger partial charge in [-0.15, -0.1) is 0 Å². The molecule has 0 aromatic heterocycles. The van der Waals surface area contributed by atoms with Crippen LogP contribution in [-0.4, -0.2) is 42.9 Å². The summed E-state index contributed by atoms with van der Waals surface area (Å²) in [5.41, 5.74) is 1.02. The van der Waals surface area contributed by atoms with E-state index in [4.69, 9.17) is 28.4 Å². The quantitative estimate of drug-likeness (QED) is 0.0377. The lowest BCUT2D eigenvalue weighted by molar-refractivity contribution is -0.143. The molecule has 0 N–H and O–H groups in total. The summed E-state index contributed by atoms with van der Waals surface area (Å²) in [5.74, 6) is -2.40. The zero-order chi connectivity index (χ0) is 38.1. The number of hydrogen-bond acceptors (Lipinski definition) is 10. The fraction of sp³-hybridized carbons (Fsp3) is 0.349. The third-order valence-corrected chi connectivity index (χ3v) is 7.99. The summed E-state index contributed by atoms with van der Waals surface area (Å²) in [6.45, 7) is 8.43. The van der Waals surface area contributed by atoms with Gasteiger partial charge in [0, 0.05) is 13.8 Å². The molecule has 53 heavy (non-hydrogen) atoms. The van der Waals surface area contributed by atoms with E-state index in [9.17, 15) is 19.2 Å². The summed E-state index contributed by atoms with van der Waals surface area (Å²) in [4.78, 5) is 51.0. The summed E-state index contributed by atoms with van der Waals surface area (Å²) in [7, 11) is 0. The summed E-state index contributed by atoms with van der Waals surface area (Å²) < 4.78 is 33.2. The second-order valence-corrected chi connectivity index (χ2v) is 12.9. The molecule has 0 fully saturated rings. The minimum Gasteiger partial charge on any atom is -0.494 e. The van der Waals surface area contributed by atoms with Crippen molar-refractivity contribution in [3.63, 3.8) is 0 Å². The van der Waals surface area contributed by atoms with Gasteiger partial charge >= 0.3 is 23.9 Å². The Morgan fingerprint density at radius 3 is 1.04 bits per heavy atom. The Morgan fingerprint density at radius 1 is 0.415 bits per heavy atom. The lowest BCUT2D eigenvalue weighted by Crippen LogP contribution is -2.34. The van der Waals surface area contributed by atoms with E-state index >= 15 is 0 Å². The molecule has 0 amide bonds. The molecule has 4 aromatic carbocycles. The van der Waals surface area contributed by atoms with E-state index in [0.29, 0.717) is 35.8 Å². The van der Waals surface area contributed by atoms with E-state index in [1.165, 1.54) is 75.2 Å². The van der Waals surface area contributed by atoms with Crippen molar-refractivity contribution in [2.45, 2.75) is 84.8 Å². The number of rotatable bonds is 20. The minimum atomic E-state index is -1.62. The largest absolute Gasteiger partial charge is 0.494 e. The number of benzene rings is 4. The van der Waals surface area contributed by atoms with Crippen molar-refractivity contribution in [2.75, 3.05) is 13.2 Å². The number of ether oxygens (including phenoxy) is 6. The molecule has 10 nitrogen and oxygen atoms in total. The van der Waals surface area contributed by atoms with E-state index < -0.39 is 29.7 Å². The molecule has 0 saturated heterocycles. The molecule has 280 valence electrons. The lowest BCUT2D eigenvalue weighted by atomic mass is 10.2. The van der Waals surface area contributed by atoms with Crippen molar-refractivity contribution in [1.29, 1.82) is 0 Å². The first-order chi connectivity index (χ1) is 25.6. The number of carbonyl (C=O) groups excluding carboxylic acids is 4. The topological polar surface area (TPSA) is 124 Å². The van der Waals surface area contributed by atoms with Crippen molar-refractivity contribution in [3.8, 4) is 23.0 Å². The molecule has 0 aliphatic heterocycles. The molecular weight excluding hydrogens is 676 g/mol. The Bertz CT molecular complexity index is 1630. The normalized spacial score (nSPS) is 10.9. The molecule has 10 heteroatoms. The van der Waals surface area contributed by atoms with Crippen LogP contribution in [0.15, 0.2) is 97.1 Å².